The first kappa shape index (κ1) is 16.9. The van der Waals surface area contributed by atoms with Crippen LogP contribution in [-0.2, 0) is 14.8 Å². The van der Waals surface area contributed by atoms with E-state index >= 15 is 0 Å². The zero-order valence-corrected chi connectivity index (χ0v) is 13.7. The Bertz CT molecular complexity index is 613. The van der Waals surface area contributed by atoms with Crippen molar-refractivity contribution in [2.45, 2.75) is 24.7 Å². The van der Waals surface area contributed by atoms with Gasteiger partial charge in [-0.2, -0.15) is 4.31 Å². The average molecular weight is 325 g/mol. The van der Waals surface area contributed by atoms with Crippen molar-refractivity contribution >= 4 is 15.9 Å². The number of carbonyl (C=O) groups is 1. The third kappa shape index (κ3) is 4.28. The number of primary amides is 1. The lowest BCUT2D eigenvalue weighted by Crippen LogP contribution is -2.36. The second-order valence-corrected chi connectivity index (χ2v) is 7.57. The number of rotatable bonds is 5. The van der Waals surface area contributed by atoms with Gasteiger partial charge in [0.15, 0.2) is 0 Å². The number of aryl methyl sites for hydroxylation is 1. The van der Waals surface area contributed by atoms with Gasteiger partial charge < -0.3 is 10.6 Å². The topological polar surface area (TPSA) is 83.7 Å². The average Bonchev–Trinajstić information content (AvgIpc) is 2.71. The molecule has 2 N–H and O–H groups in total. The lowest BCUT2D eigenvalue weighted by atomic mass is 10.2. The van der Waals surface area contributed by atoms with E-state index in [0.29, 0.717) is 37.5 Å². The Labute approximate surface area is 131 Å². The molecule has 0 atom stereocenters. The minimum Gasteiger partial charge on any atom is -0.370 e. The maximum atomic E-state index is 12.7. The van der Waals surface area contributed by atoms with Crippen LogP contribution >= 0.6 is 0 Å². The van der Waals surface area contributed by atoms with E-state index in [9.17, 15) is 13.2 Å². The monoisotopic (exact) mass is 325 g/mol. The van der Waals surface area contributed by atoms with Crippen LogP contribution in [0.15, 0.2) is 29.2 Å². The van der Waals surface area contributed by atoms with Gasteiger partial charge in [-0.3, -0.25) is 4.79 Å². The predicted octanol–water partition coefficient (Wildman–Crippen LogP) is 0.567. The molecule has 2 rings (SSSR count). The third-order valence-corrected chi connectivity index (χ3v) is 5.79. The molecule has 1 aliphatic rings. The molecule has 6 nitrogen and oxygen atoms in total. The molecule has 1 fully saturated rings. The summed E-state index contributed by atoms with van der Waals surface area (Å²) in [4.78, 5) is 13.3. The lowest BCUT2D eigenvalue weighted by Gasteiger charge is -2.21. The summed E-state index contributed by atoms with van der Waals surface area (Å²) in [7, 11) is -3.44. The number of hydrogen-bond donors (Lipinski definition) is 1. The number of amides is 1. The summed E-state index contributed by atoms with van der Waals surface area (Å²) in [5.74, 6) is -0.326. The minimum atomic E-state index is -3.44. The molecule has 0 saturated carbocycles. The van der Waals surface area contributed by atoms with Gasteiger partial charge >= 0.3 is 0 Å². The normalized spacial score (nSPS) is 18.0. The number of nitrogens with zero attached hydrogens (tertiary/aromatic N) is 2. The van der Waals surface area contributed by atoms with Gasteiger partial charge in [0, 0.05) is 32.6 Å². The summed E-state index contributed by atoms with van der Waals surface area (Å²) in [6.07, 6.45) is 1.06. The van der Waals surface area contributed by atoms with Crippen molar-refractivity contribution in [3.05, 3.63) is 29.8 Å². The van der Waals surface area contributed by atoms with Crippen molar-refractivity contribution in [3.63, 3.8) is 0 Å². The van der Waals surface area contributed by atoms with Gasteiger partial charge in [0.1, 0.15) is 0 Å². The highest BCUT2D eigenvalue weighted by atomic mass is 32.2. The number of hydrogen-bond acceptors (Lipinski definition) is 4. The molecule has 0 spiro atoms. The van der Waals surface area contributed by atoms with Crippen LogP contribution < -0.4 is 5.73 Å². The van der Waals surface area contributed by atoms with Gasteiger partial charge in [0.05, 0.1) is 4.90 Å². The molecule has 22 heavy (non-hydrogen) atoms. The maximum absolute atomic E-state index is 12.7. The third-order valence-electron chi connectivity index (χ3n) is 3.88. The number of nitrogens with two attached hydrogens (primary N) is 1. The van der Waals surface area contributed by atoms with E-state index in [4.69, 9.17) is 5.73 Å². The fourth-order valence-corrected chi connectivity index (χ4v) is 4.01. The van der Waals surface area contributed by atoms with Crippen molar-refractivity contribution < 1.29 is 13.2 Å². The Morgan fingerprint density at radius 1 is 1.14 bits per heavy atom. The Morgan fingerprint density at radius 3 is 2.45 bits per heavy atom. The summed E-state index contributed by atoms with van der Waals surface area (Å²) in [6, 6.07) is 6.93. The molecule has 1 saturated heterocycles. The second-order valence-electron chi connectivity index (χ2n) is 5.63. The highest BCUT2D eigenvalue weighted by molar-refractivity contribution is 7.89. The summed E-state index contributed by atoms with van der Waals surface area (Å²) < 4.78 is 26.8. The molecule has 1 aromatic carbocycles. The Balaban J connectivity index is 2.03. The molecular weight excluding hydrogens is 302 g/mol. The molecule has 0 radical (unpaired) electrons. The van der Waals surface area contributed by atoms with Crippen molar-refractivity contribution in [2.75, 3.05) is 32.7 Å². The lowest BCUT2D eigenvalue weighted by molar-refractivity contribution is -0.118. The van der Waals surface area contributed by atoms with E-state index in [2.05, 4.69) is 4.90 Å². The van der Waals surface area contributed by atoms with Gasteiger partial charge in [-0.15, -0.1) is 0 Å². The first-order valence-electron chi connectivity index (χ1n) is 7.47. The first-order chi connectivity index (χ1) is 10.4. The van der Waals surface area contributed by atoms with Crippen LogP contribution in [0.3, 0.4) is 0 Å². The van der Waals surface area contributed by atoms with Crippen LogP contribution in [-0.4, -0.2) is 56.3 Å². The van der Waals surface area contributed by atoms with Crippen molar-refractivity contribution in [1.82, 2.24) is 9.21 Å². The van der Waals surface area contributed by atoms with E-state index in [1.807, 2.05) is 19.1 Å². The number of sulfonamides is 1. The highest BCUT2D eigenvalue weighted by Gasteiger charge is 2.26. The molecule has 1 heterocycles. The fraction of sp³-hybridized carbons (Fsp3) is 0.533. The van der Waals surface area contributed by atoms with Crippen LogP contribution in [0.1, 0.15) is 18.4 Å². The van der Waals surface area contributed by atoms with Crippen LogP contribution in [0, 0.1) is 6.92 Å². The summed E-state index contributed by atoms with van der Waals surface area (Å²) in [5, 5.41) is 0. The van der Waals surface area contributed by atoms with Gasteiger partial charge in [-0.05, 0) is 32.0 Å². The molecule has 122 valence electrons. The van der Waals surface area contributed by atoms with Crippen molar-refractivity contribution in [2.24, 2.45) is 5.73 Å². The fourth-order valence-electron chi connectivity index (χ4n) is 2.54. The van der Waals surface area contributed by atoms with E-state index < -0.39 is 10.0 Å². The van der Waals surface area contributed by atoms with Crippen molar-refractivity contribution in [1.29, 1.82) is 0 Å². The zero-order chi connectivity index (χ0) is 16.2. The quantitative estimate of drug-likeness (QED) is 0.858. The first-order valence-corrected chi connectivity index (χ1v) is 8.91. The summed E-state index contributed by atoms with van der Waals surface area (Å²) in [5.41, 5.74) is 6.20. The Kier molecular flexibility index (Phi) is 5.55. The van der Waals surface area contributed by atoms with Gasteiger partial charge in [-0.25, -0.2) is 8.42 Å². The minimum absolute atomic E-state index is 0.310. The van der Waals surface area contributed by atoms with Gasteiger partial charge in [-0.1, -0.05) is 17.7 Å². The zero-order valence-electron chi connectivity index (χ0n) is 12.9. The summed E-state index contributed by atoms with van der Waals surface area (Å²) in [6.45, 7) is 4.87. The standard InChI is InChI=1S/C15H23N3O3S/c1-13-3-5-14(6-4-13)22(20,21)18-9-2-8-17(11-12-18)10-7-15(16)19/h3-6H,2,7-12H2,1H3,(H2,16,19). The van der Waals surface area contributed by atoms with Crippen LogP contribution in [0.2, 0.25) is 0 Å². The predicted molar refractivity (Wildman–Crippen MR) is 84.8 cm³/mol. The molecule has 1 aromatic rings. The van der Waals surface area contributed by atoms with Gasteiger partial charge in [0.2, 0.25) is 15.9 Å². The van der Waals surface area contributed by atoms with Crippen LogP contribution in [0.4, 0.5) is 0 Å². The largest absolute Gasteiger partial charge is 0.370 e. The smallest absolute Gasteiger partial charge is 0.243 e. The molecule has 1 aliphatic heterocycles. The number of carbonyl (C=O) groups excluding carboxylic acids is 1. The van der Waals surface area contributed by atoms with Gasteiger partial charge in [0.25, 0.3) is 0 Å². The van der Waals surface area contributed by atoms with E-state index in [0.717, 1.165) is 18.5 Å². The molecule has 0 bridgehead atoms. The van der Waals surface area contributed by atoms with Crippen LogP contribution in [0.25, 0.3) is 0 Å². The van der Waals surface area contributed by atoms with Crippen molar-refractivity contribution in [3.8, 4) is 0 Å². The molecule has 0 aromatic heterocycles. The SMILES string of the molecule is Cc1ccc(S(=O)(=O)N2CCCN(CCC(N)=O)CC2)cc1. The Hall–Kier alpha value is -1.44. The van der Waals surface area contributed by atoms with E-state index in [1.54, 1.807) is 12.1 Å². The van der Waals surface area contributed by atoms with E-state index in [1.165, 1.54) is 4.31 Å². The Morgan fingerprint density at radius 2 is 1.82 bits per heavy atom. The van der Waals surface area contributed by atoms with E-state index in [-0.39, 0.29) is 5.91 Å². The molecular formula is C15H23N3O3S. The highest BCUT2D eigenvalue weighted by Crippen LogP contribution is 2.18. The number of benzene rings is 1. The molecule has 0 aliphatic carbocycles. The second kappa shape index (κ2) is 7.21. The molecule has 0 unspecified atom stereocenters. The van der Waals surface area contributed by atoms with Crippen LogP contribution in [0.5, 0.6) is 0 Å². The molecule has 1 amide bonds. The molecule has 7 heteroatoms. The summed E-state index contributed by atoms with van der Waals surface area (Å²) >= 11 is 0. The maximum Gasteiger partial charge on any atom is 0.243 e.